The molecule has 0 bridgehead atoms. The molecule has 1 saturated heterocycles. The molecular formula is C23H23NO4S2. The number of nitrogens with zero attached hydrogens (tertiary/aromatic N) is 1. The molecule has 1 aromatic heterocycles. The van der Waals surface area contributed by atoms with Crippen molar-refractivity contribution < 1.29 is 18.7 Å². The average Bonchev–Trinajstić information content (AvgIpc) is 3.33. The molecule has 0 atom stereocenters. The van der Waals surface area contributed by atoms with Crippen LogP contribution in [0.2, 0.25) is 0 Å². The quantitative estimate of drug-likeness (QED) is 0.339. The predicted molar refractivity (Wildman–Crippen MR) is 122 cm³/mol. The highest BCUT2D eigenvalue weighted by Gasteiger charge is 2.37. The molecule has 2 fully saturated rings. The first-order chi connectivity index (χ1) is 14.6. The molecule has 1 aliphatic heterocycles. The van der Waals surface area contributed by atoms with E-state index in [4.69, 9.17) is 21.4 Å². The van der Waals surface area contributed by atoms with Gasteiger partial charge in [-0.15, -0.1) is 0 Å². The fraction of sp³-hybridized carbons (Fsp3) is 0.348. The molecule has 1 saturated carbocycles. The summed E-state index contributed by atoms with van der Waals surface area (Å²) in [7, 11) is 0. The van der Waals surface area contributed by atoms with Gasteiger partial charge in [0.15, 0.2) is 0 Å². The van der Waals surface area contributed by atoms with Gasteiger partial charge in [-0.25, -0.2) is 4.79 Å². The topological polar surface area (TPSA) is 59.8 Å². The molecule has 1 aliphatic carbocycles. The van der Waals surface area contributed by atoms with Crippen molar-refractivity contribution in [2.24, 2.45) is 0 Å². The fourth-order valence-corrected chi connectivity index (χ4v) is 5.21. The third-order valence-corrected chi connectivity index (χ3v) is 6.67. The van der Waals surface area contributed by atoms with E-state index in [1.54, 1.807) is 30.0 Å². The van der Waals surface area contributed by atoms with Crippen LogP contribution in [0.3, 0.4) is 0 Å². The lowest BCUT2D eigenvalue weighted by atomic mass is 9.94. The zero-order valence-electron chi connectivity index (χ0n) is 16.8. The molecule has 0 N–H and O–H groups in total. The van der Waals surface area contributed by atoms with E-state index in [9.17, 15) is 9.59 Å². The Morgan fingerprint density at radius 2 is 1.93 bits per heavy atom. The Hall–Kier alpha value is -2.38. The minimum absolute atomic E-state index is 0.0198. The summed E-state index contributed by atoms with van der Waals surface area (Å²) in [6, 6.07) is 11.0. The largest absolute Gasteiger partial charge is 0.462 e. The van der Waals surface area contributed by atoms with Crippen molar-refractivity contribution in [1.29, 1.82) is 0 Å². The molecule has 7 heteroatoms. The number of carbonyl (C=O) groups excluding carboxylic acids is 2. The number of benzene rings is 1. The summed E-state index contributed by atoms with van der Waals surface area (Å²) in [6.45, 7) is 2.12. The molecule has 30 heavy (non-hydrogen) atoms. The third kappa shape index (κ3) is 4.37. The van der Waals surface area contributed by atoms with Gasteiger partial charge in [-0.2, -0.15) is 0 Å². The van der Waals surface area contributed by atoms with Gasteiger partial charge in [0.1, 0.15) is 15.8 Å². The number of carbonyl (C=O) groups is 2. The van der Waals surface area contributed by atoms with Crippen LogP contribution in [0, 0.1) is 0 Å². The van der Waals surface area contributed by atoms with Gasteiger partial charge in [0, 0.05) is 17.7 Å². The van der Waals surface area contributed by atoms with Gasteiger partial charge in [0.2, 0.25) is 0 Å². The summed E-state index contributed by atoms with van der Waals surface area (Å²) in [5.74, 6) is 0.904. The second-order valence-corrected chi connectivity index (χ2v) is 9.02. The third-order valence-electron chi connectivity index (χ3n) is 5.34. The molecular weight excluding hydrogens is 418 g/mol. The van der Waals surface area contributed by atoms with E-state index in [0.29, 0.717) is 32.9 Å². The van der Waals surface area contributed by atoms with Gasteiger partial charge in [0.25, 0.3) is 5.91 Å². The number of amides is 1. The van der Waals surface area contributed by atoms with Crippen LogP contribution in [0.4, 0.5) is 0 Å². The highest BCUT2D eigenvalue weighted by molar-refractivity contribution is 8.26. The number of thioether (sulfide) groups is 1. The number of hydrogen-bond donors (Lipinski definition) is 0. The molecule has 0 radical (unpaired) electrons. The van der Waals surface area contributed by atoms with E-state index in [-0.39, 0.29) is 17.9 Å². The van der Waals surface area contributed by atoms with Crippen LogP contribution in [-0.4, -0.2) is 33.7 Å². The molecule has 1 aromatic carbocycles. The molecule has 2 aromatic rings. The minimum Gasteiger partial charge on any atom is -0.462 e. The Balaban J connectivity index is 1.49. The first-order valence-electron chi connectivity index (χ1n) is 10.2. The molecule has 2 aliphatic rings. The van der Waals surface area contributed by atoms with Crippen molar-refractivity contribution in [3.8, 4) is 11.3 Å². The Labute approximate surface area is 185 Å². The van der Waals surface area contributed by atoms with Crippen LogP contribution in [-0.2, 0) is 9.53 Å². The summed E-state index contributed by atoms with van der Waals surface area (Å²) in [5.41, 5.74) is 1.34. The zero-order chi connectivity index (χ0) is 21.1. The van der Waals surface area contributed by atoms with Crippen LogP contribution in [0.5, 0.6) is 0 Å². The number of ether oxygens (including phenoxy) is 1. The Morgan fingerprint density at radius 3 is 2.63 bits per heavy atom. The zero-order valence-corrected chi connectivity index (χ0v) is 18.4. The van der Waals surface area contributed by atoms with Crippen LogP contribution in [0.25, 0.3) is 17.4 Å². The summed E-state index contributed by atoms with van der Waals surface area (Å²) in [5, 5.41) is 0. The van der Waals surface area contributed by atoms with E-state index in [0.717, 1.165) is 31.2 Å². The van der Waals surface area contributed by atoms with Crippen LogP contribution < -0.4 is 0 Å². The Bertz CT molecular complexity index is 987. The first-order valence-corrected chi connectivity index (χ1v) is 11.4. The van der Waals surface area contributed by atoms with Crippen molar-refractivity contribution in [1.82, 2.24) is 4.90 Å². The normalized spacial score (nSPS) is 19.0. The highest BCUT2D eigenvalue weighted by atomic mass is 32.2. The van der Waals surface area contributed by atoms with Crippen molar-refractivity contribution in [2.45, 2.75) is 45.1 Å². The standard InChI is InChI=1S/C23H23NO4S2/c1-2-27-22(26)16-10-8-15(9-11-16)19-13-12-18(28-19)14-20-21(25)24(23(29)30-20)17-6-4-3-5-7-17/h8-14,17H,2-7H2,1H3/b20-14-. The van der Waals surface area contributed by atoms with E-state index in [1.165, 1.54) is 18.2 Å². The van der Waals surface area contributed by atoms with Crippen LogP contribution in [0.15, 0.2) is 45.7 Å². The van der Waals surface area contributed by atoms with Crippen molar-refractivity contribution in [3.05, 3.63) is 52.6 Å². The summed E-state index contributed by atoms with van der Waals surface area (Å²) in [6.07, 6.45) is 7.34. The monoisotopic (exact) mass is 441 g/mol. The Morgan fingerprint density at radius 1 is 1.20 bits per heavy atom. The maximum Gasteiger partial charge on any atom is 0.338 e. The number of rotatable bonds is 5. The molecule has 0 unspecified atom stereocenters. The Kier molecular flexibility index (Phi) is 6.39. The van der Waals surface area contributed by atoms with Crippen LogP contribution in [0.1, 0.15) is 55.1 Å². The van der Waals surface area contributed by atoms with Gasteiger partial charge in [0.05, 0.1) is 17.1 Å². The van der Waals surface area contributed by atoms with Gasteiger partial charge >= 0.3 is 5.97 Å². The molecule has 4 rings (SSSR count). The lowest BCUT2D eigenvalue weighted by Crippen LogP contribution is -2.39. The lowest BCUT2D eigenvalue weighted by molar-refractivity contribution is -0.124. The second-order valence-electron chi connectivity index (χ2n) is 7.34. The average molecular weight is 442 g/mol. The maximum absolute atomic E-state index is 12.9. The van der Waals surface area contributed by atoms with Crippen molar-refractivity contribution in [2.75, 3.05) is 6.61 Å². The summed E-state index contributed by atoms with van der Waals surface area (Å²) >= 11 is 6.83. The van der Waals surface area contributed by atoms with Gasteiger partial charge in [-0.1, -0.05) is 55.4 Å². The van der Waals surface area contributed by atoms with Crippen LogP contribution >= 0.6 is 24.0 Å². The predicted octanol–water partition coefficient (Wildman–Crippen LogP) is 5.66. The van der Waals surface area contributed by atoms with Gasteiger partial charge < -0.3 is 9.15 Å². The molecule has 156 valence electrons. The minimum atomic E-state index is -0.343. The first kappa shape index (κ1) is 20.9. The van der Waals surface area contributed by atoms with E-state index in [2.05, 4.69) is 0 Å². The molecule has 1 amide bonds. The van der Waals surface area contributed by atoms with Gasteiger partial charge in [-0.3, -0.25) is 9.69 Å². The molecule has 0 spiro atoms. The van der Waals surface area contributed by atoms with E-state index < -0.39 is 0 Å². The lowest BCUT2D eigenvalue weighted by Gasteiger charge is -2.29. The van der Waals surface area contributed by atoms with E-state index in [1.807, 2.05) is 24.3 Å². The number of thiocarbonyl (C=S) groups is 1. The number of furan rings is 1. The summed E-state index contributed by atoms with van der Waals surface area (Å²) < 4.78 is 11.6. The van der Waals surface area contributed by atoms with E-state index >= 15 is 0 Å². The maximum atomic E-state index is 12.9. The van der Waals surface area contributed by atoms with Crippen molar-refractivity contribution >= 4 is 46.3 Å². The van der Waals surface area contributed by atoms with Crippen molar-refractivity contribution in [3.63, 3.8) is 0 Å². The smallest absolute Gasteiger partial charge is 0.338 e. The highest BCUT2D eigenvalue weighted by Crippen LogP contribution is 2.37. The number of hydrogen-bond acceptors (Lipinski definition) is 6. The SMILES string of the molecule is CCOC(=O)c1ccc(-c2ccc(/C=C3\SC(=S)N(C4CCCCC4)C3=O)o2)cc1. The second kappa shape index (κ2) is 9.18. The summed E-state index contributed by atoms with van der Waals surface area (Å²) in [4.78, 5) is 27.1. The molecule has 5 nitrogen and oxygen atoms in total. The van der Waals surface area contributed by atoms with Gasteiger partial charge in [-0.05, 0) is 44.0 Å². The number of esters is 1. The fourth-order valence-electron chi connectivity index (χ4n) is 3.83. The molecule has 2 heterocycles.